The molecule has 0 heterocycles. The SMILES string of the molecule is CC(C)[C@H](N=Cc1ccc(Cl)cc1)C(=O)[O-]. The lowest BCUT2D eigenvalue weighted by Gasteiger charge is -2.16. The largest absolute Gasteiger partial charge is 0.548 e. The maximum atomic E-state index is 10.8. The Kier molecular flexibility index (Phi) is 4.50. The van der Waals surface area contributed by atoms with Crippen LogP contribution in [0.25, 0.3) is 0 Å². The van der Waals surface area contributed by atoms with Crippen molar-refractivity contribution in [1.82, 2.24) is 0 Å². The van der Waals surface area contributed by atoms with E-state index >= 15 is 0 Å². The van der Waals surface area contributed by atoms with Gasteiger partial charge in [-0.2, -0.15) is 0 Å². The van der Waals surface area contributed by atoms with Crippen LogP contribution in [0.2, 0.25) is 5.02 Å². The number of carboxylic acid groups (broad SMARTS) is 1. The van der Waals surface area contributed by atoms with Crippen LogP contribution in [0.4, 0.5) is 0 Å². The van der Waals surface area contributed by atoms with Gasteiger partial charge >= 0.3 is 0 Å². The van der Waals surface area contributed by atoms with Crippen molar-refractivity contribution in [1.29, 1.82) is 0 Å². The summed E-state index contributed by atoms with van der Waals surface area (Å²) in [6.45, 7) is 3.58. The Labute approximate surface area is 99.8 Å². The van der Waals surface area contributed by atoms with Gasteiger partial charge in [-0.05, 0) is 23.6 Å². The van der Waals surface area contributed by atoms with Crippen molar-refractivity contribution in [2.45, 2.75) is 19.9 Å². The number of hydrogen-bond acceptors (Lipinski definition) is 3. The summed E-state index contributed by atoms with van der Waals surface area (Å²) in [6.07, 6.45) is 1.52. The molecule has 0 amide bonds. The number of halogens is 1. The zero-order valence-corrected chi connectivity index (χ0v) is 9.94. The molecule has 16 heavy (non-hydrogen) atoms. The average Bonchev–Trinajstić information content (AvgIpc) is 2.20. The summed E-state index contributed by atoms with van der Waals surface area (Å²) in [4.78, 5) is 14.8. The molecule has 0 aliphatic heterocycles. The van der Waals surface area contributed by atoms with Crippen molar-refractivity contribution in [2.75, 3.05) is 0 Å². The van der Waals surface area contributed by atoms with Crippen molar-refractivity contribution in [3.8, 4) is 0 Å². The first-order chi connectivity index (χ1) is 7.50. The second-order valence-electron chi connectivity index (χ2n) is 3.84. The van der Waals surface area contributed by atoms with Gasteiger partial charge in [0, 0.05) is 11.2 Å². The smallest absolute Gasteiger partial charge is 0.0915 e. The third kappa shape index (κ3) is 3.66. The summed E-state index contributed by atoms with van der Waals surface area (Å²) in [6, 6.07) is 6.20. The highest BCUT2D eigenvalue weighted by Crippen LogP contribution is 2.09. The second-order valence-corrected chi connectivity index (χ2v) is 4.27. The summed E-state index contributed by atoms with van der Waals surface area (Å²) >= 11 is 5.73. The molecule has 3 nitrogen and oxygen atoms in total. The molecule has 0 fully saturated rings. The summed E-state index contributed by atoms with van der Waals surface area (Å²) in [5, 5.41) is 11.4. The highest BCUT2D eigenvalue weighted by molar-refractivity contribution is 6.30. The van der Waals surface area contributed by atoms with Gasteiger partial charge in [-0.15, -0.1) is 0 Å². The Bertz CT molecular complexity index is 385. The van der Waals surface area contributed by atoms with E-state index in [2.05, 4.69) is 4.99 Å². The lowest BCUT2D eigenvalue weighted by molar-refractivity contribution is -0.308. The molecule has 1 aromatic rings. The molecule has 0 saturated heterocycles. The minimum atomic E-state index is -1.15. The Balaban J connectivity index is 2.78. The van der Waals surface area contributed by atoms with Crippen LogP contribution in [0.5, 0.6) is 0 Å². The fraction of sp³-hybridized carbons (Fsp3) is 0.333. The van der Waals surface area contributed by atoms with Gasteiger partial charge in [0.05, 0.1) is 12.0 Å². The number of hydrogen-bond donors (Lipinski definition) is 0. The zero-order valence-electron chi connectivity index (χ0n) is 9.18. The molecule has 0 unspecified atom stereocenters. The number of nitrogens with zero attached hydrogens (tertiary/aromatic N) is 1. The Morgan fingerprint density at radius 2 is 1.94 bits per heavy atom. The lowest BCUT2D eigenvalue weighted by Crippen LogP contribution is -2.37. The van der Waals surface area contributed by atoms with Crippen LogP contribution in [0.1, 0.15) is 19.4 Å². The molecular formula is C12H13ClNO2-. The predicted molar refractivity (Wildman–Crippen MR) is 62.7 cm³/mol. The van der Waals surface area contributed by atoms with Crippen molar-refractivity contribution < 1.29 is 9.90 Å². The molecule has 0 N–H and O–H groups in total. The van der Waals surface area contributed by atoms with Gasteiger partial charge in [0.2, 0.25) is 0 Å². The molecule has 0 aliphatic carbocycles. The van der Waals surface area contributed by atoms with Gasteiger partial charge in [-0.3, -0.25) is 4.99 Å². The molecule has 1 aromatic carbocycles. The van der Waals surface area contributed by atoms with Gasteiger partial charge < -0.3 is 9.90 Å². The molecule has 4 heteroatoms. The summed E-state index contributed by atoms with van der Waals surface area (Å²) in [5.74, 6) is -1.24. The van der Waals surface area contributed by atoms with Gasteiger partial charge in [-0.25, -0.2) is 0 Å². The molecule has 0 saturated carbocycles. The lowest BCUT2D eigenvalue weighted by atomic mass is 10.1. The normalized spacial score (nSPS) is 13.2. The van der Waals surface area contributed by atoms with Crippen molar-refractivity contribution in [2.24, 2.45) is 10.9 Å². The van der Waals surface area contributed by atoms with E-state index in [9.17, 15) is 9.90 Å². The van der Waals surface area contributed by atoms with E-state index in [0.717, 1.165) is 5.56 Å². The topological polar surface area (TPSA) is 52.5 Å². The number of carbonyl (C=O) groups excluding carboxylic acids is 1. The van der Waals surface area contributed by atoms with Crippen LogP contribution in [0, 0.1) is 5.92 Å². The van der Waals surface area contributed by atoms with Gasteiger partial charge in [0.15, 0.2) is 0 Å². The first kappa shape index (κ1) is 12.7. The van der Waals surface area contributed by atoms with Crippen LogP contribution >= 0.6 is 11.6 Å². The molecule has 0 spiro atoms. The van der Waals surface area contributed by atoms with Crippen LogP contribution < -0.4 is 5.11 Å². The maximum absolute atomic E-state index is 10.8. The number of aliphatic carboxylic acids is 1. The first-order valence-electron chi connectivity index (χ1n) is 5.00. The highest BCUT2D eigenvalue weighted by Gasteiger charge is 2.11. The highest BCUT2D eigenvalue weighted by atomic mass is 35.5. The van der Waals surface area contributed by atoms with Crippen LogP contribution in [0.3, 0.4) is 0 Å². The quantitative estimate of drug-likeness (QED) is 0.747. The molecule has 0 bridgehead atoms. The predicted octanol–water partition coefficient (Wildman–Crippen LogP) is 1.53. The Morgan fingerprint density at radius 3 is 2.38 bits per heavy atom. The van der Waals surface area contributed by atoms with Gasteiger partial charge in [0.25, 0.3) is 0 Å². The van der Waals surface area contributed by atoms with Crippen molar-refractivity contribution >= 4 is 23.8 Å². The van der Waals surface area contributed by atoms with Crippen molar-refractivity contribution in [3.63, 3.8) is 0 Å². The van der Waals surface area contributed by atoms with E-state index in [0.29, 0.717) is 5.02 Å². The van der Waals surface area contributed by atoms with Crippen LogP contribution in [-0.4, -0.2) is 18.2 Å². The molecule has 0 aliphatic rings. The minimum Gasteiger partial charge on any atom is -0.548 e. The number of rotatable bonds is 4. The number of carbonyl (C=O) groups is 1. The van der Waals surface area contributed by atoms with Crippen molar-refractivity contribution in [3.05, 3.63) is 34.9 Å². The molecule has 1 atom stereocenters. The summed E-state index contributed by atoms with van der Waals surface area (Å²) < 4.78 is 0. The molecule has 86 valence electrons. The van der Waals surface area contributed by atoms with E-state index in [1.54, 1.807) is 38.1 Å². The summed E-state index contributed by atoms with van der Waals surface area (Å²) in [5.41, 5.74) is 0.816. The number of carboxylic acids is 1. The average molecular weight is 239 g/mol. The van der Waals surface area contributed by atoms with E-state index in [1.165, 1.54) is 6.21 Å². The monoisotopic (exact) mass is 238 g/mol. The van der Waals surface area contributed by atoms with Crippen LogP contribution in [-0.2, 0) is 4.79 Å². The Hall–Kier alpha value is -1.35. The molecule has 1 rings (SSSR count). The van der Waals surface area contributed by atoms with E-state index < -0.39 is 12.0 Å². The van der Waals surface area contributed by atoms with Gasteiger partial charge in [-0.1, -0.05) is 37.6 Å². The summed E-state index contributed by atoms with van der Waals surface area (Å²) in [7, 11) is 0. The fourth-order valence-corrected chi connectivity index (χ4v) is 1.35. The van der Waals surface area contributed by atoms with Crippen LogP contribution in [0.15, 0.2) is 29.3 Å². The molecule has 0 aromatic heterocycles. The Morgan fingerprint density at radius 1 is 1.38 bits per heavy atom. The standard InChI is InChI=1S/C12H14ClNO2/c1-8(2)11(12(15)16)14-7-9-3-5-10(13)6-4-9/h3-8,11H,1-2H3,(H,15,16)/p-1/t11-/m0/s1. The first-order valence-corrected chi connectivity index (χ1v) is 5.38. The molecule has 0 radical (unpaired) electrons. The van der Waals surface area contributed by atoms with E-state index in [4.69, 9.17) is 11.6 Å². The third-order valence-corrected chi connectivity index (χ3v) is 2.38. The van der Waals surface area contributed by atoms with E-state index in [-0.39, 0.29) is 5.92 Å². The zero-order chi connectivity index (χ0) is 12.1. The molecular weight excluding hydrogens is 226 g/mol. The third-order valence-electron chi connectivity index (χ3n) is 2.13. The fourth-order valence-electron chi connectivity index (χ4n) is 1.22. The number of aliphatic imine (C=N–C) groups is 1. The maximum Gasteiger partial charge on any atom is 0.0915 e. The number of benzene rings is 1. The van der Waals surface area contributed by atoms with E-state index in [1.807, 2.05) is 0 Å². The second kappa shape index (κ2) is 5.66. The minimum absolute atomic E-state index is 0.0893. The van der Waals surface area contributed by atoms with Gasteiger partial charge in [0.1, 0.15) is 0 Å².